The lowest BCUT2D eigenvalue weighted by Gasteiger charge is -2.45. The highest BCUT2D eigenvalue weighted by molar-refractivity contribution is 6.14. The zero-order valence-electron chi connectivity index (χ0n) is 22.0. The van der Waals surface area contributed by atoms with E-state index in [0.717, 1.165) is 10.5 Å². The second-order valence-corrected chi connectivity index (χ2v) is 11.1. The van der Waals surface area contributed by atoms with Gasteiger partial charge in [-0.2, -0.15) is 0 Å². The number of carbonyl (C=O) groups excluding carboxylic acids is 3. The number of aliphatic hydroxyl groups is 2. The molecule has 38 heavy (non-hydrogen) atoms. The van der Waals surface area contributed by atoms with Crippen LogP contribution in [0.4, 0.5) is 5.69 Å². The minimum atomic E-state index is -2.64. The topological polar surface area (TPSA) is 140 Å². The first kappa shape index (κ1) is 26.4. The zero-order valence-corrected chi connectivity index (χ0v) is 22.0. The monoisotopic (exact) mass is 527 g/mol. The summed E-state index contributed by atoms with van der Waals surface area (Å²) in [5, 5.41) is 33.2. The molecule has 0 saturated carbocycles. The van der Waals surface area contributed by atoms with Crippen molar-refractivity contribution in [2.45, 2.75) is 75.5 Å². The molecule has 204 valence electrons. The van der Waals surface area contributed by atoms with E-state index >= 15 is 0 Å². The maximum Gasteiger partial charge on any atom is 0.279 e. The number of methoxy groups -OCH3 is 1. The fourth-order valence-corrected chi connectivity index (χ4v) is 6.31. The Balaban J connectivity index is 1.78. The number of ether oxygens (including phenoxy) is 1. The summed E-state index contributed by atoms with van der Waals surface area (Å²) < 4.78 is 5.38. The predicted octanol–water partition coefficient (Wildman–Crippen LogP) is 1.29. The van der Waals surface area contributed by atoms with Crippen LogP contribution < -0.4 is 9.64 Å². The van der Waals surface area contributed by atoms with Gasteiger partial charge < -0.3 is 19.8 Å². The Labute approximate surface area is 220 Å². The standard InChI is InChI=1S/C27H33N3O8/c1-15(2)13-20-26(22(32)27(35)24(34)28-11-6-7-18(28)21(31)30(20)27)17-9-8-16(37-5)14-19(17)29(23(26)33)12-10-25(3,4)38-36/h8-10,12-14,18,20,22,32,35-36H,6-7,11H2,1-5H3. The fourth-order valence-electron chi connectivity index (χ4n) is 6.31. The van der Waals surface area contributed by atoms with E-state index in [1.807, 2.05) is 0 Å². The molecule has 0 aromatic heterocycles. The Bertz CT molecular complexity index is 1270. The second-order valence-electron chi connectivity index (χ2n) is 11.1. The van der Waals surface area contributed by atoms with Crippen molar-refractivity contribution in [3.63, 3.8) is 0 Å². The van der Waals surface area contributed by atoms with E-state index in [0.29, 0.717) is 29.8 Å². The van der Waals surface area contributed by atoms with Crippen LogP contribution in [0.15, 0.2) is 42.1 Å². The first-order chi connectivity index (χ1) is 17.9. The van der Waals surface area contributed by atoms with Gasteiger partial charge in [0.2, 0.25) is 17.5 Å². The lowest BCUT2D eigenvalue weighted by atomic mass is 9.71. The molecule has 3 saturated heterocycles. The summed E-state index contributed by atoms with van der Waals surface area (Å²) in [5.74, 6) is -1.51. The summed E-state index contributed by atoms with van der Waals surface area (Å²) in [6, 6.07) is 2.92. The van der Waals surface area contributed by atoms with Crippen LogP contribution in [-0.2, 0) is 24.7 Å². The maximum absolute atomic E-state index is 14.5. The number of allylic oxidation sites excluding steroid dienone is 1. The molecule has 3 amide bonds. The number of hydrogen-bond acceptors (Lipinski definition) is 8. The largest absolute Gasteiger partial charge is 0.497 e. The fraction of sp³-hybridized carbons (Fsp3) is 0.519. The van der Waals surface area contributed by atoms with Crippen molar-refractivity contribution in [3.8, 4) is 5.75 Å². The lowest BCUT2D eigenvalue weighted by Crippen LogP contribution is -2.72. The summed E-state index contributed by atoms with van der Waals surface area (Å²) in [5.41, 5.74) is -4.31. The Kier molecular flexibility index (Phi) is 5.99. The van der Waals surface area contributed by atoms with Crippen molar-refractivity contribution in [2.75, 3.05) is 18.6 Å². The molecule has 0 bridgehead atoms. The first-order valence-electron chi connectivity index (χ1n) is 12.6. The molecule has 1 aromatic rings. The molecular formula is C27H33N3O8. The van der Waals surface area contributed by atoms with E-state index in [2.05, 4.69) is 4.89 Å². The van der Waals surface area contributed by atoms with E-state index < -0.39 is 52.7 Å². The molecule has 4 heterocycles. The van der Waals surface area contributed by atoms with Gasteiger partial charge in [0.25, 0.3) is 5.91 Å². The number of fused-ring (bicyclic) bond motifs is 4. The number of benzene rings is 1. The predicted molar refractivity (Wildman–Crippen MR) is 135 cm³/mol. The van der Waals surface area contributed by atoms with Gasteiger partial charge in [-0.15, -0.1) is 0 Å². The van der Waals surface area contributed by atoms with Crippen molar-refractivity contribution in [1.82, 2.24) is 9.80 Å². The molecule has 5 unspecified atom stereocenters. The Morgan fingerprint density at radius 1 is 1.18 bits per heavy atom. The number of nitrogens with zero attached hydrogens (tertiary/aromatic N) is 3. The van der Waals surface area contributed by atoms with Crippen molar-refractivity contribution in [2.24, 2.45) is 0 Å². The molecule has 3 fully saturated rings. The summed E-state index contributed by atoms with van der Waals surface area (Å²) in [6.45, 7) is 7.00. The van der Waals surface area contributed by atoms with Crippen LogP contribution in [0.25, 0.3) is 0 Å². The minimum absolute atomic E-state index is 0.283. The number of amides is 3. The average Bonchev–Trinajstić information content (AvgIpc) is 3.51. The van der Waals surface area contributed by atoms with Gasteiger partial charge in [0.15, 0.2) is 0 Å². The number of carbonyl (C=O) groups is 3. The summed E-state index contributed by atoms with van der Waals surface area (Å²) in [4.78, 5) is 50.2. The Morgan fingerprint density at radius 3 is 2.53 bits per heavy atom. The summed E-state index contributed by atoms with van der Waals surface area (Å²) in [6.07, 6.45) is 3.57. The van der Waals surface area contributed by atoms with Crippen LogP contribution in [0.1, 0.15) is 46.1 Å². The van der Waals surface area contributed by atoms with Crippen LogP contribution in [-0.4, -0.2) is 86.2 Å². The van der Waals surface area contributed by atoms with Gasteiger partial charge in [0, 0.05) is 18.8 Å². The third-order valence-corrected chi connectivity index (χ3v) is 8.11. The van der Waals surface area contributed by atoms with Crippen LogP contribution in [0.3, 0.4) is 0 Å². The summed E-state index contributed by atoms with van der Waals surface area (Å²) in [7, 11) is 1.47. The van der Waals surface area contributed by atoms with Gasteiger partial charge in [-0.3, -0.25) is 29.4 Å². The molecule has 1 aromatic carbocycles. The molecule has 0 radical (unpaired) electrons. The quantitative estimate of drug-likeness (QED) is 0.296. The Morgan fingerprint density at radius 2 is 1.89 bits per heavy atom. The van der Waals surface area contributed by atoms with Crippen molar-refractivity contribution < 1.29 is 39.5 Å². The number of aliphatic hydroxyl groups excluding tert-OH is 1. The molecule has 5 rings (SSSR count). The van der Waals surface area contributed by atoms with Crippen LogP contribution >= 0.6 is 0 Å². The van der Waals surface area contributed by atoms with Crippen molar-refractivity contribution >= 4 is 23.4 Å². The van der Waals surface area contributed by atoms with Gasteiger partial charge in [-0.05, 0) is 58.2 Å². The SMILES string of the molecule is COc1ccc2c(c1)N(C=CC(C)(C)OO)C(=O)C21C(C=C(C)C)N2C(=O)C3CCCN3C(=O)C2(O)C1O. The molecule has 0 aliphatic carbocycles. The van der Waals surface area contributed by atoms with Gasteiger partial charge in [0.1, 0.15) is 28.9 Å². The molecule has 4 aliphatic rings. The lowest BCUT2D eigenvalue weighted by molar-refractivity contribution is -0.297. The van der Waals surface area contributed by atoms with E-state index in [1.165, 1.54) is 29.2 Å². The highest BCUT2D eigenvalue weighted by Gasteiger charge is 2.79. The minimum Gasteiger partial charge on any atom is -0.497 e. The number of hydrogen-bond donors (Lipinski definition) is 3. The number of rotatable bonds is 5. The number of anilines is 1. The van der Waals surface area contributed by atoms with E-state index in [1.54, 1.807) is 52.0 Å². The molecule has 5 atom stereocenters. The highest BCUT2D eigenvalue weighted by atomic mass is 17.1. The first-order valence-corrected chi connectivity index (χ1v) is 12.6. The number of piperazine rings is 1. The highest BCUT2D eigenvalue weighted by Crippen LogP contribution is 2.58. The Hall–Kier alpha value is -3.25. The van der Waals surface area contributed by atoms with Crippen LogP contribution in [0.2, 0.25) is 0 Å². The zero-order chi connectivity index (χ0) is 27.8. The van der Waals surface area contributed by atoms with Crippen molar-refractivity contribution in [1.29, 1.82) is 0 Å². The molecule has 11 heteroatoms. The van der Waals surface area contributed by atoms with Crippen molar-refractivity contribution in [3.05, 3.63) is 47.7 Å². The third kappa shape index (κ3) is 3.25. The molecular weight excluding hydrogens is 494 g/mol. The van der Waals surface area contributed by atoms with Gasteiger partial charge in [-0.25, -0.2) is 4.89 Å². The van der Waals surface area contributed by atoms with Gasteiger partial charge in [-0.1, -0.05) is 17.7 Å². The smallest absolute Gasteiger partial charge is 0.279 e. The molecule has 11 nitrogen and oxygen atoms in total. The van der Waals surface area contributed by atoms with E-state index in [4.69, 9.17) is 4.74 Å². The molecule has 1 spiro atoms. The third-order valence-electron chi connectivity index (χ3n) is 8.11. The molecule has 4 aliphatic heterocycles. The van der Waals surface area contributed by atoms with Gasteiger partial charge in [0.05, 0.1) is 18.8 Å². The average molecular weight is 528 g/mol. The summed E-state index contributed by atoms with van der Waals surface area (Å²) >= 11 is 0. The normalized spacial score (nSPS) is 32.4. The van der Waals surface area contributed by atoms with E-state index in [9.17, 15) is 29.9 Å². The molecule has 3 N–H and O–H groups in total. The second kappa shape index (κ2) is 8.63. The van der Waals surface area contributed by atoms with Gasteiger partial charge >= 0.3 is 0 Å². The van der Waals surface area contributed by atoms with Crippen LogP contribution in [0.5, 0.6) is 5.75 Å². The van der Waals surface area contributed by atoms with E-state index in [-0.39, 0.29) is 6.54 Å². The maximum atomic E-state index is 14.5. The van der Waals surface area contributed by atoms with Crippen LogP contribution in [0, 0.1) is 0 Å².